The summed E-state index contributed by atoms with van der Waals surface area (Å²) in [6, 6.07) is 0.363. The van der Waals surface area contributed by atoms with Gasteiger partial charge < -0.3 is 5.32 Å². The van der Waals surface area contributed by atoms with Gasteiger partial charge in [0.2, 0.25) is 0 Å². The lowest BCUT2D eigenvalue weighted by atomic mass is 10.2. The number of rotatable bonds is 5. The maximum Gasteiger partial charge on any atom is 0.390 e. The zero-order valence-electron chi connectivity index (χ0n) is 7.82. The lowest BCUT2D eigenvalue weighted by Gasteiger charge is -2.06. The van der Waals surface area contributed by atoms with E-state index >= 15 is 0 Å². The molecule has 0 heterocycles. The summed E-state index contributed by atoms with van der Waals surface area (Å²) in [6.07, 6.45) is -1.39. The molecule has 0 spiro atoms. The van der Waals surface area contributed by atoms with Crippen molar-refractivity contribution < 1.29 is 13.2 Å². The summed E-state index contributed by atoms with van der Waals surface area (Å²) in [5.74, 6) is 0.637. The highest BCUT2D eigenvalue weighted by Gasteiger charge is 2.36. The Kier molecular flexibility index (Phi) is 3.59. The van der Waals surface area contributed by atoms with Gasteiger partial charge >= 0.3 is 6.18 Å². The number of hydrogen-bond acceptors (Lipinski definition) is 1. The van der Waals surface area contributed by atoms with E-state index in [1.165, 1.54) is 0 Å². The quantitative estimate of drug-likeness (QED) is 0.711. The minimum absolute atomic E-state index is 0.0778. The Hall–Kier alpha value is -0.250. The molecule has 0 aliphatic heterocycles. The summed E-state index contributed by atoms with van der Waals surface area (Å²) in [6.45, 7) is 2.18. The van der Waals surface area contributed by atoms with Crippen molar-refractivity contribution in [3.63, 3.8) is 0 Å². The molecule has 0 radical (unpaired) electrons. The molecular weight excluding hydrogens is 179 g/mol. The molecule has 0 aromatic carbocycles. The first kappa shape index (κ1) is 10.8. The predicted octanol–water partition coefficient (Wildman–Crippen LogP) is 2.72. The third kappa shape index (κ3) is 4.50. The predicted molar refractivity (Wildman–Crippen MR) is 45.5 cm³/mol. The van der Waals surface area contributed by atoms with E-state index in [0.717, 1.165) is 19.3 Å². The molecule has 2 atom stereocenters. The van der Waals surface area contributed by atoms with Crippen LogP contribution < -0.4 is 5.32 Å². The van der Waals surface area contributed by atoms with E-state index in [1.807, 2.05) is 0 Å². The van der Waals surface area contributed by atoms with Gasteiger partial charge in [-0.25, -0.2) is 0 Å². The van der Waals surface area contributed by atoms with E-state index in [4.69, 9.17) is 0 Å². The molecule has 0 amide bonds. The Balaban J connectivity index is 1.97. The minimum atomic E-state index is -4.01. The number of halogens is 3. The van der Waals surface area contributed by atoms with Gasteiger partial charge in [0.1, 0.15) is 0 Å². The fourth-order valence-electron chi connectivity index (χ4n) is 1.59. The van der Waals surface area contributed by atoms with E-state index < -0.39 is 12.6 Å². The van der Waals surface area contributed by atoms with Gasteiger partial charge in [0.25, 0.3) is 0 Å². The molecule has 2 unspecified atom stereocenters. The normalized spacial score (nSPS) is 27.7. The molecule has 1 N–H and O–H groups in total. The SMILES string of the molecule is CCCC1CC1NCCC(F)(F)F. The molecule has 1 fully saturated rings. The Labute approximate surface area is 76.7 Å². The van der Waals surface area contributed by atoms with E-state index in [2.05, 4.69) is 12.2 Å². The Morgan fingerprint density at radius 2 is 2.08 bits per heavy atom. The van der Waals surface area contributed by atoms with Gasteiger partial charge in [-0.2, -0.15) is 13.2 Å². The average molecular weight is 195 g/mol. The molecular formula is C9H16F3N. The second-order valence-corrected chi connectivity index (χ2v) is 3.71. The second kappa shape index (κ2) is 4.31. The van der Waals surface area contributed by atoms with Crippen LogP contribution in [0.4, 0.5) is 13.2 Å². The van der Waals surface area contributed by atoms with Crippen molar-refractivity contribution in [2.24, 2.45) is 5.92 Å². The molecule has 13 heavy (non-hydrogen) atoms. The van der Waals surface area contributed by atoms with Gasteiger partial charge in [0, 0.05) is 12.6 Å². The van der Waals surface area contributed by atoms with E-state index in [-0.39, 0.29) is 6.54 Å². The van der Waals surface area contributed by atoms with Crippen LogP contribution in [0, 0.1) is 5.92 Å². The Morgan fingerprint density at radius 1 is 1.38 bits per heavy atom. The minimum Gasteiger partial charge on any atom is -0.313 e. The second-order valence-electron chi connectivity index (χ2n) is 3.71. The summed E-state index contributed by atoms with van der Waals surface area (Å²) >= 11 is 0. The number of alkyl halides is 3. The van der Waals surface area contributed by atoms with Crippen molar-refractivity contribution >= 4 is 0 Å². The van der Waals surface area contributed by atoms with Gasteiger partial charge in [-0.05, 0) is 18.8 Å². The lowest BCUT2D eigenvalue weighted by molar-refractivity contribution is -0.133. The Morgan fingerprint density at radius 3 is 2.62 bits per heavy atom. The molecule has 1 aliphatic carbocycles. The van der Waals surface area contributed by atoms with Crippen LogP contribution in [-0.4, -0.2) is 18.8 Å². The third-order valence-corrected chi connectivity index (χ3v) is 2.40. The smallest absolute Gasteiger partial charge is 0.313 e. The molecule has 4 heteroatoms. The van der Waals surface area contributed by atoms with Crippen LogP contribution in [0.25, 0.3) is 0 Å². The molecule has 1 saturated carbocycles. The highest BCUT2D eigenvalue weighted by Crippen LogP contribution is 2.34. The maximum absolute atomic E-state index is 11.7. The molecule has 1 nitrogen and oxygen atoms in total. The molecule has 0 aromatic rings. The first-order valence-electron chi connectivity index (χ1n) is 4.83. The van der Waals surface area contributed by atoms with Crippen molar-refractivity contribution in [3.8, 4) is 0 Å². The van der Waals surface area contributed by atoms with Crippen molar-refractivity contribution in [2.75, 3.05) is 6.54 Å². The van der Waals surface area contributed by atoms with Crippen LogP contribution in [0.5, 0.6) is 0 Å². The summed E-state index contributed by atoms with van der Waals surface area (Å²) in [7, 11) is 0. The van der Waals surface area contributed by atoms with Gasteiger partial charge in [0.15, 0.2) is 0 Å². The molecule has 1 aliphatic rings. The summed E-state index contributed by atoms with van der Waals surface area (Å²) in [5.41, 5.74) is 0. The average Bonchev–Trinajstić information content (AvgIpc) is 2.66. The molecule has 1 rings (SSSR count). The number of nitrogens with one attached hydrogen (secondary N) is 1. The third-order valence-electron chi connectivity index (χ3n) is 2.40. The van der Waals surface area contributed by atoms with Gasteiger partial charge in [-0.1, -0.05) is 13.3 Å². The van der Waals surface area contributed by atoms with Crippen molar-refractivity contribution in [1.29, 1.82) is 0 Å². The van der Waals surface area contributed by atoms with Crippen LogP contribution in [0.3, 0.4) is 0 Å². The van der Waals surface area contributed by atoms with E-state index in [9.17, 15) is 13.2 Å². The monoisotopic (exact) mass is 195 g/mol. The zero-order chi connectivity index (χ0) is 9.90. The molecule has 0 saturated heterocycles. The van der Waals surface area contributed by atoms with Crippen LogP contribution in [-0.2, 0) is 0 Å². The van der Waals surface area contributed by atoms with Crippen molar-refractivity contribution in [1.82, 2.24) is 5.32 Å². The maximum atomic E-state index is 11.7. The van der Waals surface area contributed by atoms with Crippen LogP contribution in [0.2, 0.25) is 0 Å². The fraction of sp³-hybridized carbons (Fsp3) is 1.00. The zero-order valence-corrected chi connectivity index (χ0v) is 7.82. The van der Waals surface area contributed by atoms with Crippen LogP contribution >= 0.6 is 0 Å². The fourth-order valence-corrected chi connectivity index (χ4v) is 1.59. The molecule has 0 bridgehead atoms. The molecule has 0 aromatic heterocycles. The largest absolute Gasteiger partial charge is 0.390 e. The number of hydrogen-bond donors (Lipinski definition) is 1. The van der Waals surface area contributed by atoms with Gasteiger partial charge in [0.05, 0.1) is 6.42 Å². The van der Waals surface area contributed by atoms with Crippen molar-refractivity contribution in [3.05, 3.63) is 0 Å². The highest BCUT2D eigenvalue weighted by molar-refractivity contribution is 4.92. The van der Waals surface area contributed by atoms with Crippen LogP contribution in [0.15, 0.2) is 0 Å². The standard InChI is InChI=1S/C9H16F3N/c1-2-3-7-6-8(7)13-5-4-9(10,11)12/h7-8,13H,2-6H2,1H3. The highest BCUT2D eigenvalue weighted by atomic mass is 19.4. The summed E-state index contributed by atoms with van der Waals surface area (Å²) in [4.78, 5) is 0. The van der Waals surface area contributed by atoms with E-state index in [0.29, 0.717) is 12.0 Å². The van der Waals surface area contributed by atoms with Crippen LogP contribution in [0.1, 0.15) is 32.6 Å². The molecule has 78 valence electrons. The summed E-state index contributed by atoms with van der Waals surface area (Å²) in [5, 5.41) is 2.93. The van der Waals surface area contributed by atoms with Gasteiger partial charge in [-0.15, -0.1) is 0 Å². The Bertz CT molecular complexity index is 155. The lowest BCUT2D eigenvalue weighted by Crippen LogP contribution is -2.24. The topological polar surface area (TPSA) is 12.0 Å². The van der Waals surface area contributed by atoms with Crippen molar-refractivity contribution in [2.45, 2.75) is 44.8 Å². The first-order valence-corrected chi connectivity index (χ1v) is 4.83. The van der Waals surface area contributed by atoms with E-state index in [1.54, 1.807) is 0 Å². The summed E-state index contributed by atoms with van der Waals surface area (Å²) < 4.78 is 35.2. The van der Waals surface area contributed by atoms with Gasteiger partial charge in [-0.3, -0.25) is 0 Å². The first-order chi connectivity index (χ1) is 6.03.